The number of nitrogens with zero attached hydrogens (tertiary/aromatic N) is 1. The van der Waals surface area contributed by atoms with Crippen LogP contribution in [0.3, 0.4) is 0 Å². The van der Waals surface area contributed by atoms with E-state index in [1.807, 2.05) is 24.3 Å². The Labute approximate surface area is 148 Å². The summed E-state index contributed by atoms with van der Waals surface area (Å²) in [6, 6.07) is 16.3. The van der Waals surface area contributed by atoms with Crippen LogP contribution in [0.2, 0.25) is 0 Å². The van der Waals surface area contributed by atoms with Gasteiger partial charge >= 0.3 is 0 Å². The fourth-order valence-corrected chi connectivity index (χ4v) is 4.20. The van der Waals surface area contributed by atoms with E-state index in [9.17, 15) is 4.79 Å². The first kappa shape index (κ1) is 16.2. The van der Waals surface area contributed by atoms with Crippen molar-refractivity contribution < 1.29 is 9.53 Å². The van der Waals surface area contributed by atoms with E-state index in [0.717, 1.165) is 50.2 Å². The number of ether oxygens (including phenoxy) is 1. The maximum absolute atomic E-state index is 13.1. The van der Waals surface area contributed by atoms with Gasteiger partial charge in [-0.2, -0.15) is 0 Å². The summed E-state index contributed by atoms with van der Waals surface area (Å²) in [5, 5.41) is 3.15. The monoisotopic (exact) mass is 336 g/mol. The van der Waals surface area contributed by atoms with E-state index >= 15 is 0 Å². The van der Waals surface area contributed by atoms with Gasteiger partial charge in [0.15, 0.2) is 0 Å². The molecule has 0 aromatic heterocycles. The number of hydrogen-bond acceptors (Lipinski definition) is 3. The Bertz CT molecular complexity index is 789. The van der Waals surface area contributed by atoms with Crippen molar-refractivity contribution in [2.45, 2.75) is 37.8 Å². The third-order valence-electron chi connectivity index (χ3n) is 5.55. The molecule has 0 saturated carbocycles. The van der Waals surface area contributed by atoms with Gasteiger partial charge in [0.25, 0.3) is 0 Å². The predicted molar refractivity (Wildman–Crippen MR) is 98.8 cm³/mol. The van der Waals surface area contributed by atoms with E-state index in [1.165, 1.54) is 11.1 Å². The Morgan fingerprint density at radius 2 is 2.04 bits per heavy atom. The van der Waals surface area contributed by atoms with Crippen LogP contribution in [-0.4, -0.2) is 30.0 Å². The van der Waals surface area contributed by atoms with Crippen LogP contribution < -0.4 is 10.1 Å². The number of benzene rings is 2. The minimum absolute atomic E-state index is 0.147. The summed E-state index contributed by atoms with van der Waals surface area (Å²) >= 11 is 0. The first-order valence-corrected chi connectivity index (χ1v) is 8.99. The quantitative estimate of drug-likeness (QED) is 0.931. The van der Waals surface area contributed by atoms with Crippen molar-refractivity contribution in [3.63, 3.8) is 0 Å². The van der Waals surface area contributed by atoms with Gasteiger partial charge in [0, 0.05) is 18.7 Å². The van der Waals surface area contributed by atoms with Crippen LogP contribution in [0.1, 0.15) is 30.4 Å². The van der Waals surface area contributed by atoms with Gasteiger partial charge < -0.3 is 10.1 Å². The average molecular weight is 336 g/mol. The van der Waals surface area contributed by atoms with Crippen molar-refractivity contribution >= 4 is 11.6 Å². The standard InChI is InChI=1S/C21H24N2O2/c1-25-18-9-6-7-16(13-18)15-23-12-5-4-11-21(23)14-17-8-2-3-10-19(17)22-20(21)24/h2-3,6-10,13H,4-5,11-12,14-15H2,1H3,(H,22,24). The van der Waals surface area contributed by atoms with E-state index in [2.05, 4.69) is 34.5 Å². The molecule has 4 rings (SSSR count). The van der Waals surface area contributed by atoms with Gasteiger partial charge in [0.05, 0.1) is 7.11 Å². The summed E-state index contributed by atoms with van der Waals surface area (Å²) in [6.07, 6.45) is 3.95. The molecule has 1 saturated heterocycles. The second kappa shape index (κ2) is 6.52. The highest BCUT2D eigenvalue weighted by atomic mass is 16.5. The topological polar surface area (TPSA) is 41.6 Å². The molecule has 0 radical (unpaired) electrons. The lowest BCUT2D eigenvalue weighted by molar-refractivity contribution is -0.131. The van der Waals surface area contributed by atoms with Gasteiger partial charge in [0.1, 0.15) is 11.3 Å². The fraction of sp³-hybridized carbons (Fsp3) is 0.381. The maximum Gasteiger partial charge on any atom is 0.245 e. The van der Waals surface area contributed by atoms with Gasteiger partial charge in [-0.1, -0.05) is 30.3 Å². The molecule has 2 aliphatic rings. The summed E-state index contributed by atoms with van der Waals surface area (Å²) in [5.41, 5.74) is 2.95. The predicted octanol–water partition coefficient (Wildman–Crippen LogP) is 3.61. The lowest BCUT2D eigenvalue weighted by atomic mass is 9.77. The van der Waals surface area contributed by atoms with E-state index in [4.69, 9.17) is 4.74 Å². The Balaban J connectivity index is 1.65. The van der Waals surface area contributed by atoms with Gasteiger partial charge in [0.2, 0.25) is 5.91 Å². The molecule has 2 aromatic carbocycles. The van der Waals surface area contributed by atoms with E-state index in [-0.39, 0.29) is 5.91 Å². The average Bonchev–Trinajstić information content (AvgIpc) is 2.65. The molecule has 2 aliphatic heterocycles. The molecule has 130 valence electrons. The maximum atomic E-state index is 13.1. The highest BCUT2D eigenvalue weighted by Gasteiger charge is 2.47. The molecule has 0 bridgehead atoms. The lowest BCUT2D eigenvalue weighted by Gasteiger charge is -2.48. The van der Waals surface area contributed by atoms with Gasteiger partial charge in [-0.05, 0) is 55.1 Å². The normalized spacial score (nSPS) is 23.2. The summed E-state index contributed by atoms with van der Waals surface area (Å²) in [7, 11) is 1.69. The molecule has 25 heavy (non-hydrogen) atoms. The number of hydrogen-bond donors (Lipinski definition) is 1. The van der Waals surface area contributed by atoms with Crippen LogP contribution in [0.5, 0.6) is 5.75 Å². The van der Waals surface area contributed by atoms with Crippen LogP contribution in [-0.2, 0) is 17.8 Å². The Morgan fingerprint density at radius 1 is 1.16 bits per heavy atom. The van der Waals surface area contributed by atoms with Crippen molar-refractivity contribution in [3.8, 4) is 5.75 Å². The number of anilines is 1. The number of nitrogens with one attached hydrogen (secondary N) is 1. The molecule has 2 heterocycles. The van der Waals surface area contributed by atoms with Gasteiger partial charge in [-0.3, -0.25) is 9.69 Å². The molecular formula is C21H24N2O2. The second-order valence-electron chi connectivity index (χ2n) is 7.05. The van der Waals surface area contributed by atoms with Crippen LogP contribution in [0.15, 0.2) is 48.5 Å². The number of methoxy groups -OCH3 is 1. The second-order valence-corrected chi connectivity index (χ2v) is 7.05. The summed E-state index contributed by atoms with van der Waals surface area (Å²) in [6.45, 7) is 1.72. The third-order valence-corrected chi connectivity index (χ3v) is 5.55. The number of fused-ring (bicyclic) bond motifs is 1. The zero-order chi connectivity index (χ0) is 17.3. The molecule has 1 fully saturated rings. The van der Waals surface area contributed by atoms with Crippen molar-refractivity contribution in [1.29, 1.82) is 0 Å². The number of likely N-dealkylation sites (tertiary alicyclic amines) is 1. The number of carbonyl (C=O) groups excluding carboxylic acids is 1. The molecule has 4 heteroatoms. The first-order valence-electron chi connectivity index (χ1n) is 8.99. The van der Waals surface area contributed by atoms with E-state index in [1.54, 1.807) is 7.11 Å². The smallest absolute Gasteiger partial charge is 0.245 e. The minimum Gasteiger partial charge on any atom is -0.497 e. The molecule has 4 nitrogen and oxygen atoms in total. The van der Waals surface area contributed by atoms with Crippen LogP contribution >= 0.6 is 0 Å². The molecule has 1 amide bonds. The molecule has 1 unspecified atom stereocenters. The molecule has 2 aromatic rings. The van der Waals surface area contributed by atoms with Crippen molar-refractivity contribution in [1.82, 2.24) is 4.90 Å². The largest absolute Gasteiger partial charge is 0.497 e. The highest BCUT2D eigenvalue weighted by molar-refractivity contribution is 6.01. The molecule has 1 spiro atoms. The van der Waals surface area contributed by atoms with E-state index in [0.29, 0.717) is 0 Å². The van der Waals surface area contributed by atoms with Crippen LogP contribution in [0, 0.1) is 0 Å². The number of carbonyl (C=O) groups is 1. The summed E-state index contributed by atoms with van der Waals surface area (Å²) in [5.74, 6) is 1.01. The van der Waals surface area contributed by atoms with E-state index < -0.39 is 5.54 Å². The Morgan fingerprint density at radius 3 is 2.92 bits per heavy atom. The zero-order valence-electron chi connectivity index (χ0n) is 14.6. The van der Waals surface area contributed by atoms with Crippen LogP contribution in [0.4, 0.5) is 5.69 Å². The number of para-hydroxylation sites is 1. The first-order chi connectivity index (χ1) is 12.2. The molecule has 1 N–H and O–H groups in total. The highest BCUT2D eigenvalue weighted by Crippen LogP contribution is 2.39. The molecule has 1 atom stereocenters. The van der Waals surface area contributed by atoms with Gasteiger partial charge in [-0.25, -0.2) is 0 Å². The number of rotatable bonds is 3. The zero-order valence-corrected chi connectivity index (χ0v) is 14.6. The summed E-state index contributed by atoms with van der Waals surface area (Å²) < 4.78 is 5.35. The van der Waals surface area contributed by atoms with Gasteiger partial charge in [-0.15, -0.1) is 0 Å². The summed E-state index contributed by atoms with van der Waals surface area (Å²) in [4.78, 5) is 15.5. The third kappa shape index (κ3) is 2.91. The number of piperidine rings is 1. The van der Waals surface area contributed by atoms with Crippen molar-refractivity contribution in [2.24, 2.45) is 0 Å². The fourth-order valence-electron chi connectivity index (χ4n) is 4.20. The minimum atomic E-state index is -0.435. The number of amides is 1. The van der Waals surface area contributed by atoms with Crippen molar-refractivity contribution in [3.05, 3.63) is 59.7 Å². The van der Waals surface area contributed by atoms with Crippen LogP contribution in [0.25, 0.3) is 0 Å². The van der Waals surface area contributed by atoms with Crippen molar-refractivity contribution in [2.75, 3.05) is 19.0 Å². The SMILES string of the molecule is COc1cccc(CN2CCCCC23Cc2ccccc2NC3=O)c1. The molecule has 0 aliphatic carbocycles. The Kier molecular flexibility index (Phi) is 4.22. The Hall–Kier alpha value is -2.33. The lowest BCUT2D eigenvalue weighted by Crippen LogP contribution is -2.61. The molecular weight excluding hydrogens is 312 g/mol.